The van der Waals surface area contributed by atoms with Gasteiger partial charge in [-0.15, -0.1) is 0 Å². The smallest absolute Gasteiger partial charge is 0.137 e. The fraction of sp³-hybridized carbons (Fsp3) is 0.250. The molecule has 0 radical (unpaired) electrons. The van der Waals surface area contributed by atoms with Gasteiger partial charge in [0.25, 0.3) is 0 Å². The normalized spacial score (nSPS) is 11.7. The summed E-state index contributed by atoms with van der Waals surface area (Å²) in [5, 5.41) is 12.2. The first-order chi connectivity index (χ1) is 9.67. The molecule has 0 bridgehead atoms. The minimum atomic E-state index is 0.209. The number of hydrogen-bond donors (Lipinski definition) is 1. The van der Waals surface area contributed by atoms with Crippen molar-refractivity contribution in [2.45, 2.75) is 13.0 Å². The van der Waals surface area contributed by atoms with Crippen LogP contribution in [0.1, 0.15) is 24.1 Å². The maximum absolute atomic E-state index is 9.00. The lowest BCUT2D eigenvalue weighted by Crippen LogP contribution is -2.19. The number of rotatable bonds is 4. The van der Waals surface area contributed by atoms with Crippen LogP contribution in [0, 0.1) is 11.3 Å². The van der Waals surface area contributed by atoms with E-state index in [-0.39, 0.29) is 6.04 Å². The van der Waals surface area contributed by atoms with Crippen LogP contribution in [0.5, 0.6) is 0 Å². The van der Waals surface area contributed by atoms with Crippen molar-refractivity contribution in [3.05, 3.63) is 53.7 Å². The predicted octanol–water partition coefficient (Wildman–Crippen LogP) is 3.00. The summed E-state index contributed by atoms with van der Waals surface area (Å²) in [5.41, 5.74) is 2.72. The third-order valence-electron chi connectivity index (χ3n) is 3.40. The lowest BCUT2D eigenvalue weighted by atomic mass is 10.1. The number of nitrogens with one attached hydrogen (secondary N) is 1. The van der Waals surface area contributed by atoms with E-state index in [1.807, 2.05) is 43.3 Å². The van der Waals surface area contributed by atoms with Crippen LogP contribution in [0.2, 0.25) is 0 Å². The third kappa shape index (κ3) is 2.79. The zero-order valence-electron chi connectivity index (χ0n) is 12.0. The molecule has 0 saturated carbocycles. The summed E-state index contributed by atoms with van der Waals surface area (Å²) in [6.07, 6.45) is 1.78. The SMILES string of the molecule is CNC(C)c1cccnc1N(C)c1cccc(C#N)c1. The van der Waals surface area contributed by atoms with Crippen LogP contribution in [-0.2, 0) is 0 Å². The second-order valence-electron chi connectivity index (χ2n) is 4.65. The molecule has 0 saturated heterocycles. The van der Waals surface area contributed by atoms with Gasteiger partial charge >= 0.3 is 0 Å². The summed E-state index contributed by atoms with van der Waals surface area (Å²) in [6.45, 7) is 2.10. The molecule has 4 nitrogen and oxygen atoms in total. The van der Waals surface area contributed by atoms with Gasteiger partial charge in [-0.05, 0) is 38.2 Å². The second kappa shape index (κ2) is 6.18. The van der Waals surface area contributed by atoms with Gasteiger partial charge in [0.05, 0.1) is 11.6 Å². The molecule has 0 spiro atoms. The monoisotopic (exact) mass is 266 g/mol. The highest BCUT2D eigenvalue weighted by molar-refractivity contribution is 5.64. The van der Waals surface area contributed by atoms with E-state index in [0.717, 1.165) is 17.1 Å². The lowest BCUT2D eigenvalue weighted by Gasteiger charge is -2.23. The number of aromatic nitrogens is 1. The average Bonchev–Trinajstić information content (AvgIpc) is 2.53. The fourth-order valence-corrected chi connectivity index (χ4v) is 2.09. The van der Waals surface area contributed by atoms with Crippen molar-refractivity contribution in [2.24, 2.45) is 0 Å². The van der Waals surface area contributed by atoms with Crippen LogP contribution in [-0.4, -0.2) is 19.1 Å². The minimum absolute atomic E-state index is 0.209. The van der Waals surface area contributed by atoms with Crippen LogP contribution < -0.4 is 10.2 Å². The molecule has 0 fully saturated rings. The number of pyridine rings is 1. The van der Waals surface area contributed by atoms with E-state index in [1.54, 1.807) is 12.3 Å². The van der Waals surface area contributed by atoms with E-state index in [4.69, 9.17) is 5.26 Å². The minimum Gasteiger partial charge on any atom is -0.329 e. The zero-order valence-corrected chi connectivity index (χ0v) is 12.0. The number of nitriles is 1. The predicted molar refractivity (Wildman–Crippen MR) is 80.9 cm³/mol. The van der Waals surface area contributed by atoms with E-state index >= 15 is 0 Å². The Morgan fingerprint density at radius 2 is 2.10 bits per heavy atom. The van der Waals surface area contributed by atoms with Gasteiger partial charge in [0.1, 0.15) is 5.82 Å². The van der Waals surface area contributed by atoms with Gasteiger partial charge in [0.15, 0.2) is 0 Å². The molecule has 1 heterocycles. The van der Waals surface area contributed by atoms with Crippen molar-refractivity contribution in [2.75, 3.05) is 19.0 Å². The van der Waals surface area contributed by atoms with E-state index in [1.165, 1.54) is 0 Å². The summed E-state index contributed by atoms with van der Waals surface area (Å²) in [7, 11) is 3.89. The molecule has 0 aliphatic carbocycles. The Labute approximate surface area is 119 Å². The van der Waals surface area contributed by atoms with Gasteiger partial charge in [-0.25, -0.2) is 4.98 Å². The first-order valence-corrected chi connectivity index (χ1v) is 6.53. The quantitative estimate of drug-likeness (QED) is 0.924. The molecule has 2 aromatic rings. The summed E-state index contributed by atoms with van der Waals surface area (Å²) in [4.78, 5) is 6.49. The molecule has 0 aliphatic rings. The molecule has 2 rings (SSSR count). The Morgan fingerprint density at radius 3 is 2.80 bits per heavy atom. The van der Waals surface area contributed by atoms with Crippen molar-refractivity contribution in [3.63, 3.8) is 0 Å². The van der Waals surface area contributed by atoms with E-state index in [2.05, 4.69) is 29.4 Å². The third-order valence-corrected chi connectivity index (χ3v) is 3.40. The molecule has 1 unspecified atom stereocenters. The summed E-state index contributed by atoms with van der Waals surface area (Å²) in [6, 6.07) is 13.9. The Balaban J connectivity index is 2.43. The first-order valence-electron chi connectivity index (χ1n) is 6.53. The Bertz CT molecular complexity index is 630. The van der Waals surface area contributed by atoms with Crippen molar-refractivity contribution in [3.8, 4) is 6.07 Å². The molecule has 1 aromatic heterocycles. The van der Waals surface area contributed by atoms with Crippen molar-refractivity contribution >= 4 is 11.5 Å². The molecule has 1 atom stereocenters. The standard InChI is InChI=1S/C16H18N4/c1-12(18-2)15-8-5-9-19-16(15)20(3)14-7-4-6-13(10-14)11-17/h4-10,12,18H,1-3H3. The second-order valence-corrected chi connectivity index (χ2v) is 4.65. The van der Waals surface area contributed by atoms with Crippen LogP contribution in [0.3, 0.4) is 0 Å². The van der Waals surface area contributed by atoms with E-state index in [9.17, 15) is 0 Å². The maximum atomic E-state index is 9.00. The highest BCUT2D eigenvalue weighted by atomic mass is 15.2. The molecule has 20 heavy (non-hydrogen) atoms. The van der Waals surface area contributed by atoms with Crippen LogP contribution >= 0.6 is 0 Å². The van der Waals surface area contributed by atoms with Crippen molar-refractivity contribution in [1.29, 1.82) is 5.26 Å². The maximum Gasteiger partial charge on any atom is 0.137 e. The summed E-state index contributed by atoms with van der Waals surface area (Å²) in [5.74, 6) is 0.893. The number of nitrogens with zero attached hydrogens (tertiary/aromatic N) is 3. The molecule has 1 N–H and O–H groups in total. The van der Waals surface area contributed by atoms with Gasteiger partial charge in [0, 0.05) is 30.5 Å². The van der Waals surface area contributed by atoms with Gasteiger partial charge in [-0.3, -0.25) is 0 Å². The molecule has 0 amide bonds. The fourth-order valence-electron chi connectivity index (χ4n) is 2.09. The summed E-state index contributed by atoms with van der Waals surface area (Å²) < 4.78 is 0. The molecular weight excluding hydrogens is 248 g/mol. The summed E-state index contributed by atoms with van der Waals surface area (Å²) >= 11 is 0. The topological polar surface area (TPSA) is 52.0 Å². The van der Waals surface area contributed by atoms with Gasteiger partial charge < -0.3 is 10.2 Å². The highest BCUT2D eigenvalue weighted by Gasteiger charge is 2.14. The molecular formula is C16H18N4. The lowest BCUT2D eigenvalue weighted by molar-refractivity contribution is 0.649. The molecule has 102 valence electrons. The van der Waals surface area contributed by atoms with Crippen LogP contribution in [0.4, 0.5) is 11.5 Å². The number of hydrogen-bond acceptors (Lipinski definition) is 4. The van der Waals surface area contributed by atoms with Crippen molar-refractivity contribution in [1.82, 2.24) is 10.3 Å². The Hall–Kier alpha value is -2.38. The van der Waals surface area contributed by atoms with Gasteiger partial charge in [0.2, 0.25) is 0 Å². The molecule has 0 aliphatic heterocycles. The average molecular weight is 266 g/mol. The van der Waals surface area contributed by atoms with E-state index < -0.39 is 0 Å². The van der Waals surface area contributed by atoms with E-state index in [0.29, 0.717) is 5.56 Å². The Kier molecular flexibility index (Phi) is 4.34. The molecule has 4 heteroatoms. The zero-order chi connectivity index (χ0) is 14.5. The van der Waals surface area contributed by atoms with Crippen molar-refractivity contribution < 1.29 is 0 Å². The van der Waals surface area contributed by atoms with Crippen LogP contribution in [0.15, 0.2) is 42.6 Å². The highest BCUT2D eigenvalue weighted by Crippen LogP contribution is 2.28. The number of benzene rings is 1. The molecule has 1 aromatic carbocycles. The Morgan fingerprint density at radius 1 is 1.30 bits per heavy atom. The largest absolute Gasteiger partial charge is 0.329 e. The number of anilines is 2. The van der Waals surface area contributed by atoms with Gasteiger partial charge in [-0.1, -0.05) is 12.1 Å². The van der Waals surface area contributed by atoms with Crippen LogP contribution in [0.25, 0.3) is 0 Å². The van der Waals surface area contributed by atoms with Gasteiger partial charge in [-0.2, -0.15) is 5.26 Å². The first kappa shape index (κ1) is 14.0.